The highest BCUT2D eigenvalue weighted by Gasteiger charge is 2.05. The molecule has 0 unspecified atom stereocenters. The Morgan fingerprint density at radius 3 is 2.47 bits per heavy atom. The average Bonchev–Trinajstić information content (AvgIpc) is 2.46. The summed E-state index contributed by atoms with van der Waals surface area (Å²) in [5.41, 5.74) is 4.06. The topological polar surface area (TPSA) is 44.0 Å². The van der Waals surface area contributed by atoms with Crippen LogP contribution in [0.25, 0.3) is 5.57 Å². The van der Waals surface area contributed by atoms with Gasteiger partial charge in [-0.1, -0.05) is 60.7 Å². The van der Waals surface area contributed by atoms with E-state index in [4.69, 9.17) is 5.26 Å². The number of nitrogens with zero attached hydrogens (tertiary/aromatic N) is 1. The van der Waals surface area contributed by atoms with Crippen LogP contribution in [-0.4, -0.2) is 11.7 Å². The fourth-order valence-corrected chi connectivity index (χ4v) is 2.05. The van der Waals surface area contributed by atoms with Gasteiger partial charge in [0.1, 0.15) is 0 Å². The molecule has 1 N–H and O–H groups in total. The van der Waals surface area contributed by atoms with Crippen molar-refractivity contribution in [2.45, 2.75) is 6.42 Å². The number of benzene rings is 2. The first-order valence-corrected chi connectivity index (χ1v) is 6.18. The highest BCUT2D eigenvalue weighted by atomic mass is 16.2. The molecule has 0 heterocycles. The molecule has 2 aromatic carbocycles. The lowest BCUT2D eigenvalue weighted by Crippen LogP contribution is -1.92. The van der Waals surface area contributed by atoms with Crippen molar-refractivity contribution in [3.8, 4) is 6.07 Å². The zero-order chi connectivity index (χ0) is 13.5. The van der Waals surface area contributed by atoms with Gasteiger partial charge in [-0.3, -0.25) is 0 Å². The minimum absolute atomic E-state index is 0.00724. The Morgan fingerprint density at radius 1 is 1.05 bits per heavy atom. The van der Waals surface area contributed by atoms with Crippen molar-refractivity contribution in [1.82, 2.24) is 0 Å². The van der Waals surface area contributed by atoms with Crippen LogP contribution >= 0.6 is 0 Å². The monoisotopic (exact) mass is 249 g/mol. The number of aliphatic hydroxyl groups excluding tert-OH is 1. The molecular formula is C17H15NO. The van der Waals surface area contributed by atoms with Gasteiger partial charge in [-0.05, 0) is 22.3 Å². The smallest absolute Gasteiger partial charge is 0.0669 e. The van der Waals surface area contributed by atoms with Gasteiger partial charge in [-0.15, -0.1) is 0 Å². The van der Waals surface area contributed by atoms with Gasteiger partial charge >= 0.3 is 0 Å². The predicted molar refractivity (Wildman–Crippen MR) is 76.4 cm³/mol. The molecule has 2 rings (SSSR count). The summed E-state index contributed by atoms with van der Waals surface area (Å²) >= 11 is 0. The van der Waals surface area contributed by atoms with Crippen molar-refractivity contribution in [2.75, 3.05) is 6.61 Å². The van der Waals surface area contributed by atoms with Crippen molar-refractivity contribution >= 4 is 5.57 Å². The molecule has 0 saturated carbocycles. The van der Waals surface area contributed by atoms with Crippen molar-refractivity contribution < 1.29 is 5.11 Å². The summed E-state index contributed by atoms with van der Waals surface area (Å²) in [6.07, 6.45) is 2.19. The van der Waals surface area contributed by atoms with Crippen LogP contribution in [0, 0.1) is 11.3 Å². The lowest BCUT2D eigenvalue weighted by molar-refractivity contribution is 0.343. The van der Waals surface area contributed by atoms with E-state index in [0.29, 0.717) is 6.42 Å². The van der Waals surface area contributed by atoms with Gasteiger partial charge in [0.2, 0.25) is 0 Å². The Kier molecular flexibility index (Phi) is 4.49. The largest absolute Gasteiger partial charge is 0.392 e. The summed E-state index contributed by atoms with van der Waals surface area (Å²) in [5.74, 6) is 0. The Hall–Kier alpha value is -2.37. The maximum absolute atomic E-state index is 9.20. The molecule has 0 aliphatic heterocycles. The SMILES string of the molecule is N#CCc1cccc(/C(=C\CO)c2ccccc2)c1. The van der Waals surface area contributed by atoms with Crippen LogP contribution < -0.4 is 0 Å². The van der Waals surface area contributed by atoms with Crippen molar-refractivity contribution in [1.29, 1.82) is 5.26 Å². The normalized spacial score (nSPS) is 11.1. The van der Waals surface area contributed by atoms with Gasteiger partial charge in [0.05, 0.1) is 19.1 Å². The number of rotatable bonds is 4. The maximum atomic E-state index is 9.20. The summed E-state index contributed by atoms with van der Waals surface area (Å²) in [7, 11) is 0. The van der Waals surface area contributed by atoms with E-state index in [1.807, 2.05) is 54.6 Å². The van der Waals surface area contributed by atoms with E-state index >= 15 is 0 Å². The van der Waals surface area contributed by atoms with E-state index in [-0.39, 0.29) is 6.61 Å². The standard InChI is InChI=1S/C17H15NO/c18-11-9-14-5-4-8-16(13-14)17(10-12-19)15-6-2-1-3-7-15/h1-8,10,13,19H,9,12H2/b17-10-. The molecule has 2 heteroatoms. The average molecular weight is 249 g/mol. The van der Waals surface area contributed by atoms with Crippen molar-refractivity contribution in [3.63, 3.8) is 0 Å². The number of hydrogen-bond acceptors (Lipinski definition) is 2. The first-order valence-electron chi connectivity index (χ1n) is 6.18. The van der Waals surface area contributed by atoms with Crippen LogP contribution in [0.15, 0.2) is 60.7 Å². The molecular weight excluding hydrogens is 234 g/mol. The molecule has 19 heavy (non-hydrogen) atoms. The molecule has 0 saturated heterocycles. The Bertz CT molecular complexity index is 609. The molecule has 0 bridgehead atoms. The molecule has 0 radical (unpaired) electrons. The Balaban J connectivity index is 2.44. The van der Waals surface area contributed by atoms with Crippen LogP contribution in [0.4, 0.5) is 0 Å². The van der Waals surface area contributed by atoms with E-state index in [0.717, 1.165) is 22.3 Å². The van der Waals surface area contributed by atoms with E-state index in [9.17, 15) is 5.11 Å². The molecule has 0 fully saturated rings. The molecule has 0 spiro atoms. The summed E-state index contributed by atoms with van der Waals surface area (Å²) < 4.78 is 0. The second-order valence-corrected chi connectivity index (χ2v) is 4.20. The third-order valence-electron chi connectivity index (χ3n) is 2.90. The molecule has 2 aromatic rings. The lowest BCUT2D eigenvalue weighted by Gasteiger charge is -2.09. The molecule has 94 valence electrons. The fraction of sp³-hybridized carbons (Fsp3) is 0.118. The summed E-state index contributed by atoms with van der Waals surface area (Å²) in [4.78, 5) is 0. The lowest BCUT2D eigenvalue weighted by atomic mass is 9.96. The quantitative estimate of drug-likeness (QED) is 0.904. The summed E-state index contributed by atoms with van der Waals surface area (Å²) in [6, 6.07) is 20.0. The minimum Gasteiger partial charge on any atom is -0.392 e. The van der Waals surface area contributed by atoms with Crippen LogP contribution in [0.5, 0.6) is 0 Å². The first-order chi connectivity index (χ1) is 9.35. The van der Waals surface area contributed by atoms with Gasteiger partial charge in [0.25, 0.3) is 0 Å². The van der Waals surface area contributed by atoms with Gasteiger partial charge < -0.3 is 5.11 Å². The first kappa shape index (κ1) is 13.1. The van der Waals surface area contributed by atoms with Gasteiger partial charge in [-0.25, -0.2) is 0 Å². The third-order valence-corrected chi connectivity index (χ3v) is 2.90. The highest BCUT2D eigenvalue weighted by Crippen LogP contribution is 2.24. The highest BCUT2D eigenvalue weighted by molar-refractivity contribution is 5.80. The second-order valence-electron chi connectivity index (χ2n) is 4.20. The molecule has 0 amide bonds. The van der Waals surface area contributed by atoms with E-state index in [1.165, 1.54) is 0 Å². The number of nitriles is 1. The molecule has 0 aromatic heterocycles. The van der Waals surface area contributed by atoms with Crippen molar-refractivity contribution in [3.05, 3.63) is 77.4 Å². The van der Waals surface area contributed by atoms with Gasteiger partial charge in [0.15, 0.2) is 0 Å². The summed E-state index contributed by atoms with van der Waals surface area (Å²) in [5, 5.41) is 18.0. The van der Waals surface area contributed by atoms with Crippen LogP contribution in [0.2, 0.25) is 0 Å². The van der Waals surface area contributed by atoms with Crippen molar-refractivity contribution in [2.24, 2.45) is 0 Å². The van der Waals surface area contributed by atoms with E-state index < -0.39 is 0 Å². The zero-order valence-electron chi connectivity index (χ0n) is 10.6. The third kappa shape index (κ3) is 3.31. The Morgan fingerprint density at radius 2 is 1.79 bits per heavy atom. The molecule has 0 aliphatic rings. The van der Waals surface area contributed by atoms with E-state index in [1.54, 1.807) is 6.08 Å². The number of hydrogen-bond donors (Lipinski definition) is 1. The summed E-state index contributed by atoms with van der Waals surface area (Å²) in [6.45, 7) is -0.00724. The maximum Gasteiger partial charge on any atom is 0.0669 e. The number of aliphatic hydroxyl groups is 1. The molecule has 2 nitrogen and oxygen atoms in total. The van der Waals surface area contributed by atoms with Gasteiger partial charge in [0, 0.05) is 0 Å². The zero-order valence-corrected chi connectivity index (χ0v) is 10.6. The van der Waals surface area contributed by atoms with Crippen LogP contribution in [0.1, 0.15) is 16.7 Å². The molecule has 0 atom stereocenters. The second kappa shape index (κ2) is 6.53. The fourth-order valence-electron chi connectivity index (χ4n) is 2.05. The molecule has 0 aliphatic carbocycles. The van der Waals surface area contributed by atoms with Crippen LogP contribution in [-0.2, 0) is 6.42 Å². The minimum atomic E-state index is -0.00724. The van der Waals surface area contributed by atoms with Crippen LogP contribution in [0.3, 0.4) is 0 Å². The predicted octanol–water partition coefficient (Wildman–Crippen LogP) is 3.18. The van der Waals surface area contributed by atoms with Gasteiger partial charge in [-0.2, -0.15) is 5.26 Å². The van der Waals surface area contributed by atoms with E-state index in [2.05, 4.69) is 6.07 Å². The Labute approximate surface area is 113 Å².